The van der Waals surface area contributed by atoms with Gasteiger partial charge in [0.25, 0.3) is 5.91 Å². The van der Waals surface area contributed by atoms with Crippen LogP contribution in [0.25, 0.3) is 0 Å². The Morgan fingerprint density at radius 3 is 1.07 bits per heavy atom. The molecule has 30 heavy (non-hydrogen) atoms. The standard InChI is InChI=1S/C26H53NO3/c1-3-5-7-9-11-13-15-17-19-21-23-29-26(25(27)28)30-24-22-20-18-16-14-12-10-8-6-4-2/h26H,3-24H2,1-2H3,(H2,27,28). The minimum atomic E-state index is -0.873. The number of nitrogens with two attached hydrogens (primary N) is 1. The molecule has 0 atom stereocenters. The van der Waals surface area contributed by atoms with Gasteiger partial charge in [-0.05, 0) is 12.8 Å². The molecule has 4 nitrogen and oxygen atoms in total. The molecule has 0 saturated heterocycles. The van der Waals surface area contributed by atoms with E-state index in [1.54, 1.807) is 0 Å². The highest BCUT2D eigenvalue weighted by Gasteiger charge is 2.15. The van der Waals surface area contributed by atoms with Crippen LogP contribution in [0.5, 0.6) is 0 Å². The van der Waals surface area contributed by atoms with Crippen LogP contribution in [0.4, 0.5) is 0 Å². The molecule has 0 aliphatic carbocycles. The first-order chi connectivity index (χ1) is 14.7. The maximum atomic E-state index is 11.5. The summed E-state index contributed by atoms with van der Waals surface area (Å²) in [6.45, 7) is 5.63. The van der Waals surface area contributed by atoms with Crippen molar-refractivity contribution in [3.63, 3.8) is 0 Å². The van der Waals surface area contributed by atoms with Crippen molar-refractivity contribution in [2.45, 2.75) is 149 Å². The van der Waals surface area contributed by atoms with Gasteiger partial charge in [0.1, 0.15) is 0 Å². The van der Waals surface area contributed by atoms with E-state index < -0.39 is 12.2 Å². The monoisotopic (exact) mass is 427 g/mol. The van der Waals surface area contributed by atoms with Crippen molar-refractivity contribution in [2.24, 2.45) is 5.73 Å². The third-order valence-electron chi connectivity index (χ3n) is 5.77. The zero-order chi connectivity index (χ0) is 22.1. The van der Waals surface area contributed by atoms with Crippen molar-refractivity contribution in [1.82, 2.24) is 0 Å². The summed E-state index contributed by atoms with van der Waals surface area (Å²) < 4.78 is 11.1. The molecule has 0 aliphatic rings. The normalized spacial score (nSPS) is 11.4. The Labute approximate surface area is 188 Å². The van der Waals surface area contributed by atoms with Crippen LogP contribution in [0.3, 0.4) is 0 Å². The molecule has 0 unspecified atom stereocenters. The van der Waals surface area contributed by atoms with E-state index in [0.29, 0.717) is 13.2 Å². The fraction of sp³-hybridized carbons (Fsp3) is 0.962. The molecule has 180 valence electrons. The molecule has 0 bridgehead atoms. The lowest BCUT2D eigenvalue weighted by Crippen LogP contribution is -2.34. The topological polar surface area (TPSA) is 61.6 Å². The van der Waals surface area contributed by atoms with E-state index in [1.165, 1.54) is 103 Å². The molecule has 0 saturated carbocycles. The minimum absolute atomic E-state index is 0.505. The van der Waals surface area contributed by atoms with Gasteiger partial charge in [0.15, 0.2) is 0 Å². The van der Waals surface area contributed by atoms with E-state index in [0.717, 1.165) is 25.7 Å². The van der Waals surface area contributed by atoms with Crippen molar-refractivity contribution in [3.8, 4) is 0 Å². The fourth-order valence-corrected chi connectivity index (χ4v) is 3.77. The second-order valence-corrected chi connectivity index (χ2v) is 8.84. The van der Waals surface area contributed by atoms with Crippen molar-refractivity contribution >= 4 is 5.91 Å². The van der Waals surface area contributed by atoms with Gasteiger partial charge in [-0.3, -0.25) is 4.79 Å². The molecular weight excluding hydrogens is 374 g/mol. The number of primary amides is 1. The van der Waals surface area contributed by atoms with Gasteiger partial charge in [0, 0.05) is 0 Å². The lowest BCUT2D eigenvalue weighted by Gasteiger charge is -2.15. The van der Waals surface area contributed by atoms with Crippen LogP contribution < -0.4 is 5.73 Å². The second kappa shape index (κ2) is 24.7. The number of carbonyl (C=O) groups excluding carboxylic acids is 1. The third kappa shape index (κ3) is 22.1. The molecular formula is C26H53NO3. The van der Waals surface area contributed by atoms with Gasteiger partial charge in [-0.15, -0.1) is 0 Å². The minimum Gasteiger partial charge on any atom is -0.365 e. The Morgan fingerprint density at radius 1 is 0.533 bits per heavy atom. The predicted molar refractivity (Wildman–Crippen MR) is 129 cm³/mol. The molecule has 0 aromatic heterocycles. The van der Waals surface area contributed by atoms with Crippen LogP contribution in [-0.2, 0) is 14.3 Å². The quantitative estimate of drug-likeness (QED) is 0.120. The SMILES string of the molecule is CCCCCCCCCCCCOC(OCCCCCCCCCCCC)C(N)=O. The van der Waals surface area contributed by atoms with Crippen LogP contribution in [0.2, 0.25) is 0 Å². The molecule has 4 heteroatoms. The molecule has 0 aromatic carbocycles. The first kappa shape index (κ1) is 29.4. The Morgan fingerprint density at radius 2 is 0.800 bits per heavy atom. The summed E-state index contributed by atoms with van der Waals surface area (Å²) in [6, 6.07) is 0. The van der Waals surface area contributed by atoms with Crippen LogP contribution in [0.1, 0.15) is 142 Å². The van der Waals surface area contributed by atoms with Gasteiger partial charge < -0.3 is 15.2 Å². The number of amides is 1. The van der Waals surface area contributed by atoms with E-state index in [1.807, 2.05) is 0 Å². The molecule has 1 amide bonds. The summed E-state index contributed by atoms with van der Waals surface area (Å²) in [5, 5.41) is 0. The average Bonchev–Trinajstić information content (AvgIpc) is 2.74. The first-order valence-electron chi connectivity index (χ1n) is 13.2. The number of hydrogen-bond donors (Lipinski definition) is 1. The molecule has 0 spiro atoms. The molecule has 0 radical (unpaired) electrons. The van der Waals surface area contributed by atoms with Crippen LogP contribution >= 0.6 is 0 Å². The summed E-state index contributed by atoms with van der Waals surface area (Å²) in [5.41, 5.74) is 5.41. The van der Waals surface area contributed by atoms with E-state index in [4.69, 9.17) is 15.2 Å². The van der Waals surface area contributed by atoms with Gasteiger partial charge in [-0.1, -0.05) is 129 Å². The van der Waals surface area contributed by atoms with E-state index in [2.05, 4.69) is 13.8 Å². The van der Waals surface area contributed by atoms with E-state index >= 15 is 0 Å². The summed E-state index contributed by atoms with van der Waals surface area (Å²) in [4.78, 5) is 11.5. The maximum absolute atomic E-state index is 11.5. The largest absolute Gasteiger partial charge is 0.365 e. The van der Waals surface area contributed by atoms with Gasteiger partial charge in [-0.25, -0.2) is 0 Å². The molecule has 0 heterocycles. The predicted octanol–water partition coefficient (Wildman–Crippen LogP) is 7.67. The van der Waals surface area contributed by atoms with Gasteiger partial charge in [0.2, 0.25) is 6.29 Å². The average molecular weight is 428 g/mol. The zero-order valence-electron chi connectivity index (χ0n) is 20.4. The number of carbonyl (C=O) groups is 1. The van der Waals surface area contributed by atoms with Crippen molar-refractivity contribution in [2.75, 3.05) is 13.2 Å². The van der Waals surface area contributed by atoms with E-state index in [-0.39, 0.29) is 0 Å². The number of rotatable bonds is 25. The summed E-state index contributed by atoms with van der Waals surface area (Å²) in [6.07, 6.45) is 24.8. The Bertz CT molecular complexity index is 323. The van der Waals surface area contributed by atoms with Crippen LogP contribution in [0, 0.1) is 0 Å². The summed E-state index contributed by atoms with van der Waals surface area (Å²) >= 11 is 0. The molecule has 0 aliphatic heterocycles. The molecule has 0 rings (SSSR count). The molecule has 0 aromatic rings. The highest BCUT2D eigenvalue weighted by Crippen LogP contribution is 2.12. The number of ether oxygens (including phenoxy) is 2. The first-order valence-corrected chi connectivity index (χ1v) is 13.2. The van der Waals surface area contributed by atoms with Gasteiger partial charge >= 0.3 is 0 Å². The maximum Gasteiger partial charge on any atom is 0.274 e. The van der Waals surface area contributed by atoms with Crippen molar-refractivity contribution in [1.29, 1.82) is 0 Å². The molecule has 0 fully saturated rings. The summed E-state index contributed by atoms with van der Waals surface area (Å²) in [7, 11) is 0. The highest BCUT2D eigenvalue weighted by atomic mass is 16.7. The Hall–Kier alpha value is -0.610. The third-order valence-corrected chi connectivity index (χ3v) is 5.77. The second-order valence-electron chi connectivity index (χ2n) is 8.84. The Kier molecular flexibility index (Phi) is 24.2. The number of hydrogen-bond acceptors (Lipinski definition) is 3. The smallest absolute Gasteiger partial charge is 0.274 e. The lowest BCUT2D eigenvalue weighted by atomic mass is 10.1. The van der Waals surface area contributed by atoms with E-state index in [9.17, 15) is 4.79 Å². The summed E-state index contributed by atoms with van der Waals surface area (Å²) in [5.74, 6) is -0.505. The lowest BCUT2D eigenvalue weighted by molar-refractivity contribution is -0.170. The Balaban J connectivity index is 3.43. The van der Waals surface area contributed by atoms with Crippen LogP contribution in [-0.4, -0.2) is 25.4 Å². The zero-order valence-corrected chi connectivity index (χ0v) is 20.4. The van der Waals surface area contributed by atoms with Crippen molar-refractivity contribution in [3.05, 3.63) is 0 Å². The van der Waals surface area contributed by atoms with Crippen LogP contribution in [0.15, 0.2) is 0 Å². The molecule has 2 N–H and O–H groups in total. The highest BCUT2D eigenvalue weighted by molar-refractivity contribution is 5.77. The number of unbranched alkanes of at least 4 members (excludes halogenated alkanes) is 18. The van der Waals surface area contributed by atoms with Gasteiger partial charge in [0.05, 0.1) is 13.2 Å². The fourth-order valence-electron chi connectivity index (χ4n) is 3.77. The van der Waals surface area contributed by atoms with Crippen molar-refractivity contribution < 1.29 is 14.3 Å². The van der Waals surface area contributed by atoms with Gasteiger partial charge in [-0.2, -0.15) is 0 Å².